The molecule has 0 aliphatic rings. The van der Waals surface area contributed by atoms with E-state index in [0.29, 0.717) is 12.3 Å². The Hall–Kier alpha value is -1.94. The number of rotatable bonds is 5. The van der Waals surface area contributed by atoms with E-state index in [1.807, 2.05) is 31.3 Å². The van der Waals surface area contributed by atoms with Crippen molar-refractivity contribution in [1.29, 1.82) is 0 Å². The Morgan fingerprint density at radius 3 is 2.63 bits per heavy atom. The van der Waals surface area contributed by atoms with E-state index in [9.17, 15) is 8.78 Å². The zero-order valence-corrected chi connectivity index (χ0v) is 10.6. The highest BCUT2D eigenvalue weighted by atomic mass is 19.1. The van der Waals surface area contributed by atoms with Crippen LogP contribution in [-0.2, 0) is 13.2 Å². The minimum atomic E-state index is -0.469. The Morgan fingerprint density at radius 2 is 1.84 bits per heavy atom. The van der Waals surface area contributed by atoms with Crippen molar-refractivity contribution >= 4 is 0 Å². The Morgan fingerprint density at radius 1 is 1.05 bits per heavy atom. The van der Waals surface area contributed by atoms with Gasteiger partial charge in [-0.3, -0.25) is 0 Å². The van der Waals surface area contributed by atoms with E-state index in [1.54, 1.807) is 0 Å². The fourth-order valence-electron chi connectivity index (χ4n) is 1.79. The smallest absolute Gasteiger partial charge is 0.130 e. The van der Waals surface area contributed by atoms with Gasteiger partial charge in [-0.05, 0) is 31.3 Å². The predicted molar refractivity (Wildman–Crippen MR) is 69.9 cm³/mol. The van der Waals surface area contributed by atoms with E-state index in [2.05, 4.69) is 5.32 Å². The average Bonchev–Trinajstić information content (AvgIpc) is 2.42. The monoisotopic (exact) mass is 263 g/mol. The molecule has 0 unspecified atom stereocenters. The summed E-state index contributed by atoms with van der Waals surface area (Å²) in [5.41, 5.74) is 1.18. The van der Waals surface area contributed by atoms with Gasteiger partial charge in [-0.1, -0.05) is 18.2 Å². The molecule has 100 valence electrons. The van der Waals surface area contributed by atoms with Crippen molar-refractivity contribution in [3.05, 3.63) is 65.2 Å². The molecule has 19 heavy (non-hydrogen) atoms. The third-order valence-electron chi connectivity index (χ3n) is 2.73. The number of benzene rings is 2. The number of hydrogen-bond acceptors (Lipinski definition) is 2. The average molecular weight is 263 g/mol. The molecule has 2 rings (SSSR count). The highest BCUT2D eigenvalue weighted by Crippen LogP contribution is 2.20. The van der Waals surface area contributed by atoms with Crippen LogP contribution in [0.4, 0.5) is 8.78 Å². The van der Waals surface area contributed by atoms with E-state index in [1.165, 1.54) is 0 Å². The quantitative estimate of drug-likeness (QED) is 0.894. The summed E-state index contributed by atoms with van der Waals surface area (Å²) in [6, 6.07) is 10.8. The van der Waals surface area contributed by atoms with Crippen molar-refractivity contribution in [3.8, 4) is 5.75 Å². The Bertz CT molecular complexity index is 558. The molecule has 0 aromatic heterocycles. The van der Waals surface area contributed by atoms with Gasteiger partial charge < -0.3 is 10.1 Å². The number of ether oxygens (including phenoxy) is 1. The van der Waals surface area contributed by atoms with E-state index in [4.69, 9.17) is 4.74 Å². The first kappa shape index (κ1) is 13.5. The van der Waals surface area contributed by atoms with Gasteiger partial charge in [0.2, 0.25) is 0 Å². The standard InChI is InChI=1S/C15H15F2NO/c1-18-9-11-4-2-3-5-15(11)19-10-12-8-13(16)6-7-14(12)17/h2-8,18H,9-10H2,1H3. The van der Waals surface area contributed by atoms with Crippen molar-refractivity contribution in [3.63, 3.8) is 0 Å². The molecule has 0 spiro atoms. The second-order valence-corrected chi connectivity index (χ2v) is 4.16. The van der Waals surface area contributed by atoms with E-state index in [-0.39, 0.29) is 12.2 Å². The maximum absolute atomic E-state index is 13.5. The first-order valence-corrected chi connectivity index (χ1v) is 6.00. The van der Waals surface area contributed by atoms with Crippen LogP contribution in [0.3, 0.4) is 0 Å². The fourth-order valence-corrected chi connectivity index (χ4v) is 1.79. The lowest BCUT2D eigenvalue weighted by Gasteiger charge is -2.11. The van der Waals surface area contributed by atoms with Crippen molar-refractivity contribution < 1.29 is 13.5 Å². The largest absolute Gasteiger partial charge is 0.488 e. The molecule has 0 aliphatic heterocycles. The maximum Gasteiger partial charge on any atom is 0.130 e. The van der Waals surface area contributed by atoms with Crippen LogP contribution in [0.2, 0.25) is 0 Å². The van der Waals surface area contributed by atoms with E-state index >= 15 is 0 Å². The highest BCUT2D eigenvalue weighted by Gasteiger charge is 2.07. The molecule has 0 heterocycles. The van der Waals surface area contributed by atoms with Gasteiger partial charge in [0, 0.05) is 17.7 Å². The molecule has 1 N–H and O–H groups in total. The van der Waals surface area contributed by atoms with E-state index in [0.717, 1.165) is 23.8 Å². The maximum atomic E-state index is 13.5. The molecule has 0 saturated carbocycles. The Balaban J connectivity index is 2.12. The molecule has 0 aliphatic carbocycles. The number of halogens is 2. The van der Waals surface area contributed by atoms with Crippen LogP contribution in [0.25, 0.3) is 0 Å². The molecule has 0 amide bonds. The van der Waals surface area contributed by atoms with Crippen molar-refractivity contribution in [1.82, 2.24) is 5.32 Å². The van der Waals surface area contributed by atoms with Gasteiger partial charge in [-0.15, -0.1) is 0 Å². The molecular formula is C15H15F2NO. The molecule has 0 atom stereocenters. The SMILES string of the molecule is CNCc1ccccc1OCc1cc(F)ccc1F. The van der Waals surface area contributed by atoms with Crippen LogP contribution in [0.15, 0.2) is 42.5 Å². The third kappa shape index (κ3) is 3.51. The molecule has 0 saturated heterocycles. The summed E-state index contributed by atoms with van der Waals surface area (Å²) < 4.78 is 32.1. The van der Waals surface area contributed by atoms with Gasteiger partial charge in [0.15, 0.2) is 0 Å². The van der Waals surface area contributed by atoms with Crippen LogP contribution >= 0.6 is 0 Å². The lowest BCUT2D eigenvalue weighted by Crippen LogP contribution is -2.08. The van der Waals surface area contributed by atoms with Gasteiger partial charge in [-0.2, -0.15) is 0 Å². The van der Waals surface area contributed by atoms with Crippen LogP contribution in [0.5, 0.6) is 5.75 Å². The summed E-state index contributed by atoms with van der Waals surface area (Å²) in [5.74, 6) is -0.267. The molecule has 2 aromatic carbocycles. The number of para-hydroxylation sites is 1. The topological polar surface area (TPSA) is 21.3 Å². The molecule has 0 fully saturated rings. The lowest BCUT2D eigenvalue weighted by atomic mass is 10.2. The van der Waals surface area contributed by atoms with Gasteiger partial charge >= 0.3 is 0 Å². The predicted octanol–water partition coefficient (Wildman–Crippen LogP) is 3.26. The summed E-state index contributed by atoms with van der Waals surface area (Å²) >= 11 is 0. The minimum Gasteiger partial charge on any atom is -0.488 e. The Labute approximate surface area is 111 Å². The fraction of sp³-hybridized carbons (Fsp3) is 0.200. The van der Waals surface area contributed by atoms with Crippen LogP contribution in [0, 0.1) is 11.6 Å². The zero-order chi connectivity index (χ0) is 13.7. The van der Waals surface area contributed by atoms with E-state index < -0.39 is 11.6 Å². The first-order chi connectivity index (χ1) is 9.20. The number of hydrogen-bond donors (Lipinski definition) is 1. The molecular weight excluding hydrogens is 248 g/mol. The molecule has 0 bridgehead atoms. The van der Waals surface area contributed by atoms with Gasteiger partial charge in [0.05, 0.1) is 0 Å². The summed E-state index contributed by atoms with van der Waals surface area (Å²) in [6.45, 7) is 0.659. The molecule has 2 aromatic rings. The summed E-state index contributed by atoms with van der Waals surface area (Å²) in [6.07, 6.45) is 0. The minimum absolute atomic E-state index is 0.00429. The Kier molecular flexibility index (Phi) is 4.47. The summed E-state index contributed by atoms with van der Waals surface area (Å²) in [7, 11) is 1.84. The molecule has 4 heteroatoms. The van der Waals surface area contributed by atoms with Crippen LogP contribution in [0.1, 0.15) is 11.1 Å². The number of nitrogens with one attached hydrogen (secondary N) is 1. The second kappa shape index (κ2) is 6.29. The highest BCUT2D eigenvalue weighted by molar-refractivity contribution is 5.33. The zero-order valence-electron chi connectivity index (χ0n) is 10.6. The second-order valence-electron chi connectivity index (χ2n) is 4.16. The van der Waals surface area contributed by atoms with Gasteiger partial charge in [0.25, 0.3) is 0 Å². The first-order valence-electron chi connectivity index (χ1n) is 6.00. The lowest BCUT2D eigenvalue weighted by molar-refractivity contribution is 0.295. The van der Waals surface area contributed by atoms with Crippen LogP contribution in [-0.4, -0.2) is 7.05 Å². The normalized spacial score (nSPS) is 10.5. The summed E-state index contributed by atoms with van der Waals surface area (Å²) in [4.78, 5) is 0. The van der Waals surface area contributed by atoms with Gasteiger partial charge in [0.1, 0.15) is 24.0 Å². The van der Waals surface area contributed by atoms with Crippen molar-refractivity contribution in [2.75, 3.05) is 7.05 Å². The molecule has 0 radical (unpaired) electrons. The summed E-state index contributed by atoms with van der Waals surface area (Å²) in [5, 5.41) is 3.03. The van der Waals surface area contributed by atoms with Crippen LogP contribution < -0.4 is 10.1 Å². The van der Waals surface area contributed by atoms with Gasteiger partial charge in [-0.25, -0.2) is 8.78 Å². The molecule has 2 nitrogen and oxygen atoms in total. The van der Waals surface area contributed by atoms with Crippen molar-refractivity contribution in [2.45, 2.75) is 13.2 Å². The van der Waals surface area contributed by atoms with Crippen molar-refractivity contribution in [2.24, 2.45) is 0 Å². The third-order valence-corrected chi connectivity index (χ3v) is 2.73.